The Balaban J connectivity index is 1.91. The summed E-state index contributed by atoms with van der Waals surface area (Å²) in [5.41, 5.74) is 0.970. The molecule has 6 heteroatoms. The molecule has 0 saturated heterocycles. The quantitative estimate of drug-likeness (QED) is 0.842. The smallest absolute Gasteiger partial charge is 0.258 e. The highest BCUT2D eigenvalue weighted by Crippen LogP contribution is 2.27. The molecule has 5 nitrogen and oxygen atoms in total. The molecule has 0 spiro atoms. The topological polar surface area (TPSA) is 71.1 Å². The van der Waals surface area contributed by atoms with Crippen LogP contribution in [0, 0.1) is 11.8 Å². The zero-order valence-corrected chi connectivity index (χ0v) is 13.6. The van der Waals surface area contributed by atoms with E-state index in [4.69, 9.17) is 0 Å². The number of hydrogen-bond donors (Lipinski definition) is 2. The van der Waals surface area contributed by atoms with Gasteiger partial charge in [-0.05, 0) is 43.4 Å². The fourth-order valence-electron chi connectivity index (χ4n) is 2.71. The molecule has 0 aliphatic heterocycles. The number of sulfonamides is 1. The van der Waals surface area contributed by atoms with E-state index in [-0.39, 0.29) is 5.03 Å². The first kappa shape index (κ1) is 16.4. The highest BCUT2D eigenvalue weighted by Gasteiger charge is 2.21. The predicted octanol–water partition coefficient (Wildman–Crippen LogP) is 1.91. The van der Waals surface area contributed by atoms with Crippen LogP contribution >= 0.6 is 0 Å². The van der Waals surface area contributed by atoms with Crippen molar-refractivity contribution in [2.75, 3.05) is 13.6 Å². The molecule has 1 aliphatic rings. The van der Waals surface area contributed by atoms with Crippen LogP contribution in [0.2, 0.25) is 0 Å². The summed E-state index contributed by atoms with van der Waals surface area (Å²) >= 11 is 0. The molecule has 0 aromatic carbocycles. The van der Waals surface area contributed by atoms with Gasteiger partial charge in [-0.1, -0.05) is 25.8 Å². The SMILES string of the molecule is CNCc1ccc(S(=O)(=O)NCC2CCC(C)CC2)nc1. The number of aromatic nitrogens is 1. The van der Waals surface area contributed by atoms with Crippen molar-refractivity contribution >= 4 is 10.0 Å². The van der Waals surface area contributed by atoms with Crippen molar-refractivity contribution in [3.05, 3.63) is 23.9 Å². The summed E-state index contributed by atoms with van der Waals surface area (Å²) in [4.78, 5) is 4.05. The van der Waals surface area contributed by atoms with Crippen LogP contribution in [0.25, 0.3) is 0 Å². The third-order valence-electron chi connectivity index (χ3n) is 4.15. The van der Waals surface area contributed by atoms with Crippen LogP contribution < -0.4 is 10.0 Å². The molecule has 2 rings (SSSR count). The van der Waals surface area contributed by atoms with Crippen LogP contribution in [-0.4, -0.2) is 27.0 Å². The first-order chi connectivity index (χ1) is 10.0. The van der Waals surface area contributed by atoms with Crippen molar-refractivity contribution in [1.82, 2.24) is 15.0 Å². The Labute approximate surface area is 127 Å². The normalized spacial score (nSPS) is 23.1. The van der Waals surface area contributed by atoms with E-state index in [1.807, 2.05) is 7.05 Å². The minimum absolute atomic E-state index is 0.103. The van der Waals surface area contributed by atoms with Crippen molar-refractivity contribution in [2.24, 2.45) is 11.8 Å². The summed E-state index contributed by atoms with van der Waals surface area (Å²) in [6.07, 6.45) is 6.22. The van der Waals surface area contributed by atoms with Gasteiger partial charge < -0.3 is 5.32 Å². The maximum atomic E-state index is 12.2. The fraction of sp³-hybridized carbons (Fsp3) is 0.667. The maximum absolute atomic E-state index is 12.2. The molecule has 0 amide bonds. The van der Waals surface area contributed by atoms with Crippen molar-refractivity contribution in [3.63, 3.8) is 0 Å². The van der Waals surface area contributed by atoms with Gasteiger partial charge in [-0.3, -0.25) is 0 Å². The van der Waals surface area contributed by atoms with Gasteiger partial charge in [0.1, 0.15) is 0 Å². The molecule has 1 aromatic heterocycles. The third-order valence-corrected chi connectivity index (χ3v) is 5.49. The Morgan fingerprint density at radius 3 is 2.52 bits per heavy atom. The largest absolute Gasteiger partial charge is 0.316 e. The second-order valence-electron chi connectivity index (χ2n) is 6.01. The van der Waals surface area contributed by atoms with E-state index in [1.54, 1.807) is 18.3 Å². The summed E-state index contributed by atoms with van der Waals surface area (Å²) in [7, 11) is -1.64. The first-order valence-electron chi connectivity index (χ1n) is 7.60. The maximum Gasteiger partial charge on any atom is 0.258 e. The second-order valence-corrected chi connectivity index (χ2v) is 7.73. The predicted molar refractivity (Wildman–Crippen MR) is 83.3 cm³/mol. The van der Waals surface area contributed by atoms with E-state index >= 15 is 0 Å². The summed E-state index contributed by atoms with van der Waals surface area (Å²) in [6.45, 7) is 3.47. The Morgan fingerprint density at radius 1 is 1.24 bits per heavy atom. The highest BCUT2D eigenvalue weighted by molar-refractivity contribution is 7.89. The lowest BCUT2D eigenvalue weighted by atomic mass is 9.83. The molecule has 1 aromatic rings. The molecule has 1 saturated carbocycles. The van der Waals surface area contributed by atoms with Gasteiger partial charge >= 0.3 is 0 Å². The van der Waals surface area contributed by atoms with Gasteiger partial charge in [0, 0.05) is 19.3 Å². The zero-order valence-electron chi connectivity index (χ0n) is 12.8. The van der Waals surface area contributed by atoms with Crippen molar-refractivity contribution in [2.45, 2.75) is 44.2 Å². The van der Waals surface area contributed by atoms with E-state index in [2.05, 4.69) is 21.9 Å². The first-order valence-corrected chi connectivity index (χ1v) is 9.09. The lowest BCUT2D eigenvalue weighted by Gasteiger charge is -2.26. The van der Waals surface area contributed by atoms with Crippen LogP contribution in [-0.2, 0) is 16.6 Å². The van der Waals surface area contributed by atoms with Gasteiger partial charge in [0.15, 0.2) is 5.03 Å². The van der Waals surface area contributed by atoms with E-state index in [9.17, 15) is 8.42 Å². The standard InChI is InChI=1S/C15H25N3O2S/c1-12-3-5-13(6-4-12)11-18-21(19,20)15-8-7-14(9-16-2)10-17-15/h7-8,10,12-13,16,18H,3-6,9,11H2,1-2H3. The van der Waals surface area contributed by atoms with Crippen molar-refractivity contribution in [1.29, 1.82) is 0 Å². The Kier molecular flexibility index (Phi) is 5.72. The summed E-state index contributed by atoms with van der Waals surface area (Å²) in [5, 5.41) is 3.11. The van der Waals surface area contributed by atoms with E-state index in [0.29, 0.717) is 19.0 Å². The molecule has 1 heterocycles. The van der Waals surface area contributed by atoms with Crippen molar-refractivity contribution < 1.29 is 8.42 Å². The summed E-state index contributed by atoms with van der Waals surface area (Å²) in [5.74, 6) is 1.23. The van der Waals surface area contributed by atoms with Gasteiger partial charge in [-0.25, -0.2) is 18.1 Å². The summed E-state index contributed by atoms with van der Waals surface area (Å²) in [6, 6.07) is 3.36. The van der Waals surface area contributed by atoms with Gasteiger partial charge in [0.2, 0.25) is 0 Å². The highest BCUT2D eigenvalue weighted by atomic mass is 32.2. The Morgan fingerprint density at radius 2 is 1.95 bits per heavy atom. The van der Waals surface area contributed by atoms with Crippen LogP contribution in [0.4, 0.5) is 0 Å². The number of rotatable bonds is 6. The van der Waals surface area contributed by atoms with Gasteiger partial charge in [0.05, 0.1) is 0 Å². The molecular formula is C15H25N3O2S. The fourth-order valence-corrected chi connectivity index (χ4v) is 3.75. The van der Waals surface area contributed by atoms with Crippen LogP contribution in [0.15, 0.2) is 23.4 Å². The Bertz CT molecular complexity index is 535. The lowest BCUT2D eigenvalue weighted by molar-refractivity contribution is 0.290. The lowest BCUT2D eigenvalue weighted by Crippen LogP contribution is -2.31. The second kappa shape index (κ2) is 7.33. The van der Waals surface area contributed by atoms with E-state index < -0.39 is 10.0 Å². The summed E-state index contributed by atoms with van der Waals surface area (Å²) < 4.78 is 27.1. The molecule has 0 unspecified atom stereocenters. The molecule has 1 aliphatic carbocycles. The van der Waals surface area contributed by atoms with E-state index in [1.165, 1.54) is 12.8 Å². The Hall–Kier alpha value is -0.980. The average Bonchev–Trinajstić information content (AvgIpc) is 2.48. The molecule has 0 bridgehead atoms. The average molecular weight is 311 g/mol. The third kappa shape index (κ3) is 4.76. The molecule has 0 radical (unpaired) electrons. The van der Waals surface area contributed by atoms with Crippen LogP contribution in [0.1, 0.15) is 38.2 Å². The van der Waals surface area contributed by atoms with Crippen LogP contribution in [0.5, 0.6) is 0 Å². The molecule has 1 fully saturated rings. The molecule has 21 heavy (non-hydrogen) atoms. The number of nitrogens with one attached hydrogen (secondary N) is 2. The minimum Gasteiger partial charge on any atom is -0.316 e. The molecule has 2 N–H and O–H groups in total. The number of pyridine rings is 1. The molecular weight excluding hydrogens is 286 g/mol. The number of nitrogens with zero attached hydrogens (tertiary/aromatic N) is 1. The monoisotopic (exact) mass is 311 g/mol. The minimum atomic E-state index is -3.49. The van der Waals surface area contributed by atoms with Crippen molar-refractivity contribution in [3.8, 4) is 0 Å². The van der Waals surface area contributed by atoms with Gasteiger partial charge in [0.25, 0.3) is 10.0 Å². The zero-order chi connectivity index (χ0) is 15.3. The van der Waals surface area contributed by atoms with Gasteiger partial charge in [-0.15, -0.1) is 0 Å². The van der Waals surface area contributed by atoms with E-state index in [0.717, 1.165) is 24.3 Å². The van der Waals surface area contributed by atoms with Gasteiger partial charge in [-0.2, -0.15) is 0 Å². The molecule has 0 atom stereocenters. The van der Waals surface area contributed by atoms with Crippen LogP contribution in [0.3, 0.4) is 0 Å². The number of hydrogen-bond acceptors (Lipinski definition) is 4. The molecule has 118 valence electrons.